The summed E-state index contributed by atoms with van der Waals surface area (Å²) >= 11 is 0. The molecule has 0 saturated heterocycles. The van der Waals surface area contributed by atoms with E-state index >= 15 is 0 Å². The van der Waals surface area contributed by atoms with Crippen LogP contribution in [0.1, 0.15) is 43.7 Å². The average molecular weight is 262 g/mol. The molecule has 0 aliphatic heterocycles. The van der Waals surface area contributed by atoms with E-state index in [0.29, 0.717) is 12.0 Å². The van der Waals surface area contributed by atoms with Gasteiger partial charge in [-0.2, -0.15) is 0 Å². The highest BCUT2D eigenvalue weighted by Gasteiger charge is 2.21. The fraction of sp³-hybridized carbons (Fsp3) is 0.600. The summed E-state index contributed by atoms with van der Waals surface area (Å²) < 4.78 is 0. The Bertz CT molecular complexity index is 459. The van der Waals surface area contributed by atoms with Crippen molar-refractivity contribution < 1.29 is 4.92 Å². The third-order valence-corrected chi connectivity index (χ3v) is 4.28. The molecule has 0 bridgehead atoms. The molecule has 0 amide bonds. The van der Waals surface area contributed by atoms with E-state index in [4.69, 9.17) is 0 Å². The normalized spacial score (nSPS) is 23.3. The lowest BCUT2D eigenvalue weighted by molar-refractivity contribution is -0.385. The van der Waals surface area contributed by atoms with Crippen molar-refractivity contribution in [1.82, 2.24) is 5.32 Å². The van der Waals surface area contributed by atoms with Gasteiger partial charge in [0, 0.05) is 24.2 Å². The topological polar surface area (TPSA) is 55.2 Å². The molecule has 1 aromatic carbocycles. The van der Waals surface area contributed by atoms with Crippen LogP contribution in [0.4, 0.5) is 5.69 Å². The molecule has 0 spiro atoms. The first-order chi connectivity index (χ1) is 9.09. The highest BCUT2D eigenvalue weighted by atomic mass is 16.6. The molecule has 2 atom stereocenters. The SMILES string of the molecule is Cc1c(CNC2CCCCC2C)cccc1[N+](=O)[O-]. The smallest absolute Gasteiger partial charge is 0.272 e. The monoisotopic (exact) mass is 262 g/mol. The fourth-order valence-electron chi connectivity index (χ4n) is 2.92. The number of hydrogen-bond acceptors (Lipinski definition) is 3. The zero-order valence-corrected chi connectivity index (χ0v) is 11.7. The van der Waals surface area contributed by atoms with Gasteiger partial charge in [0.05, 0.1) is 4.92 Å². The fourth-order valence-corrected chi connectivity index (χ4v) is 2.92. The number of hydrogen-bond donors (Lipinski definition) is 1. The summed E-state index contributed by atoms with van der Waals surface area (Å²) in [6.07, 6.45) is 5.12. The Morgan fingerprint density at radius 2 is 2.11 bits per heavy atom. The zero-order chi connectivity index (χ0) is 13.8. The van der Waals surface area contributed by atoms with Gasteiger partial charge < -0.3 is 5.32 Å². The standard InChI is InChI=1S/C15H22N2O2/c1-11-6-3-4-8-14(11)16-10-13-7-5-9-15(12(13)2)17(18)19/h5,7,9,11,14,16H,3-4,6,8,10H2,1-2H3. The maximum Gasteiger partial charge on any atom is 0.272 e. The van der Waals surface area contributed by atoms with Gasteiger partial charge in [-0.05, 0) is 31.2 Å². The Balaban J connectivity index is 2.03. The maximum atomic E-state index is 10.9. The van der Waals surface area contributed by atoms with Gasteiger partial charge in [-0.1, -0.05) is 31.9 Å². The van der Waals surface area contributed by atoms with Crippen LogP contribution in [0.3, 0.4) is 0 Å². The summed E-state index contributed by atoms with van der Waals surface area (Å²) in [7, 11) is 0. The van der Waals surface area contributed by atoms with Crippen molar-refractivity contribution in [3.63, 3.8) is 0 Å². The summed E-state index contributed by atoms with van der Waals surface area (Å²) in [5.41, 5.74) is 2.03. The van der Waals surface area contributed by atoms with Crippen LogP contribution >= 0.6 is 0 Å². The minimum absolute atomic E-state index is 0.219. The van der Waals surface area contributed by atoms with Crippen LogP contribution in [0.2, 0.25) is 0 Å². The molecule has 1 N–H and O–H groups in total. The molecule has 2 unspecified atom stereocenters. The van der Waals surface area contributed by atoms with E-state index < -0.39 is 0 Å². The lowest BCUT2D eigenvalue weighted by atomic mass is 9.86. The number of nitrogens with one attached hydrogen (secondary N) is 1. The molecule has 1 fully saturated rings. The molecule has 19 heavy (non-hydrogen) atoms. The van der Waals surface area contributed by atoms with E-state index in [-0.39, 0.29) is 10.6 Å². The van der Waals surface area contributed by atoms with Gasteiger partial charge in [0.25, 0.3) is 5.69 Å². The molecule has 1 aliphatic carbocycles. The third-order valence-electron chi connectivity index (χ3n) is 4.28. The summed E-state index contributed by atoms with van der Waals surface area (Å²) in [5.74, 6) is 0.702. The molecule has 104 valence electrons. The van der Waals surface area contributed by atoms with E-state index in [0.717, 1.165) is 17.7 Å². The van der Waals surface area contributed by atoms with Crippen LogP contribution in [0.25, 0.3) is 0 Å². The van der Waals surface area contributed by atoms with Crippen molar-refractivity contribution in [2.45, 2.75) is 52.1 Å². The van der Waals surface area contributed by atoms with Gasteiger partial charge in [0.1, 0.15) is 0 Å². The van der Waals surface area contributed by atoms with Crippen molar-refractivity contribution in [3.05, 3.63) is 39.4 Å². The van der Waals surface area contributed by atoms with E-state index in [1.54, 1.807) is 12.1 Å². The molecule has 4 heteroatoms. The summed E-state index contributed by atoms with van der Waals surface area (Å²) in [6.45, 7) is 4.85. The van der Waals surface area contributed by atoms with Gasteiger partial charge in [-0.3, -0.25) is 10.1 Å². The second-order valence-corrected chi connectivity index (χ2v) is 5.57. The third kappa shape index (κ3) is 3.32. The van der Waals surface area contributed by atoms with E-state index in [1.807, 2.05) is 13.0 Å². The Kier molecular flexibility index (Phi) is 4.53. The molecule has 0 aromatic heterocycles. The molecule has 4 nitrogen and oxygen atoms in total. The molecular formula is C15H22N2O2. The van der Waals surface area contributed by atoms with Crippen LogP contribution in [-0.4, -0.2) is 11.0 Å². The van der Waals surface area contributed by atoms with E-state index in [2.05, 4.69) is 12.2 Å². The molecule has 0 radical (unpaired) electrons. The largest absolute Gasteiger partial charge is 0.310 e. The van der Waals surface area contributed by atoms with Gasteiger partial charge in [0.15, 0.2) is 0 Å². The van der Waals surface area contributed by atoms with Crippen LogP contribution in [0.5, 0.6) is 0 Å². The lowest BCUT2D eigenvalue weighted by Crippen LogP contribution is -2.36. The van der Waals surface area contributed by atoms with Gasteiger partial charge in [0.2, 0.25) is 0 Å². The van der Waals surface area contributed by atoms with Gasteiger partial charge in [-0.15, -0.1) is 0 Å². The molecule has 1 saturated carbocycles. The van der Waals surface area contributed by atoms with Crippen LogP contribution in [-0.2, 0) is 6.54 Å². The van der Waals surface area contributed by atoms with Crippen LogP contribution in [0.15, 0.2) is 18.2 Å². The Hall–Kier alpha value is -1.42. The van der Waals surface area contributed by atoms with Gasteiger partial charge in [-0.25, -0.2) is 0 Å². The maximum absolute atomic E-state index is 10.9. The van der Waals surface area contributed by atoms with Crippen molar-refractivity contribution >= 4 is 5.69 Å². The summed E-state index contributed by atoms with van der Waals surface area (Å²) in [4.78, 5) is 10.6. The molecule has 1 aliphatic rings. The van der Waals surface area contributed by atoms with E-state index in [1.165, 1.54) is 25.7 Å². The quantitative estimate of drug-likeness (QED) is 0.666. The van der Waals surface area contributed by atoms with E-state index in [9.17, 15) is 10.1 Å². The number of nitro groups is 1. The highest BCUT2D eigenvalue weighted by molar-refractivity contribution is 5.44. The Morgan fingerprint density at radius 1 is 1.37 bits per heavy atom. The predicted octanol–water partition coefficient (Wildman–Crippen LogP) is 3.57. The number of nitro benzene ring substituents is 1. The Labute approximate surface area is 114 Å². The molecular weight excluding hydrogens is 240 g/mol. The lowest BCUT2D eigenvalue weighted by Gasteiger charge is -2.29. The summed E-state index contributed by atoms with van der Waals surface area (Å²) in [5, 5.41) is 14.5. The van der Waals surface area contributed by atoms with Crippen molar-refractivity contribution in [3.8, 4) is 0 Å². The molecule has 2 rings (SSSR count). The molecule has 1 aromatic rings. The molecule has 0 heterocycles. The second kappa shape index (κ2) is 6.15. The van der Waals surface area contributed by atoms with Crippen molar-refractivity contribution in [1.29, 1.82) is 0 Å². The average Bonchev–Trinajstić information content (AvgIpc) is 2.39. The van der Waals surface area contributed by atoms with Crippen LogP contribution in [0, 0.1) is 23.0 Å². The first kappa shape index (κ1) is 14.0. The number of rotatable bonds is 4. The minimum atomic E-state index is -0.304. The second-order valence-electron chi connectivity index (χ2n) is 5.57. The number of benzene rings is 1. The van der Waals surface area contributed by atoms with Crippen molar-refractivity contribution in [2.75, 3.05) is 0 Å². The first-order valence-corrected chi connectivity index (χ1v) is 7.06. The predicted molar refractivity (Wildman–Crippen MR) is 76.1 cm³/mol. The highest BCUT2D eigenvalue weighted by Crippen LogP contribution is 2.25. The Morgan fingerprint density at radius 3 is 2.79 bits per heavy atom. The van der Waals surface area contributed by atoms with Crippen molar-refractivity contribution in [2.24, 2.45) is 5.92 Å². The number of nitrogens with zero attached hydrogens (tertiary/aromatic N) is 1. The minimum Gasteiger partial charge on any atom is -0.310 e. The van der Waals surface area contributed by atoms with Gasteiger partial charge >= 0.3 is 0 Å². The zero-order valence-electron chi connectivity index (χ0n) is 11.7. The first-order valence-electron chi connectivity index (χ1n) is 7.06. The van der Waals surface area contributed by atoms with Crippen LogP contribution < -0.4 is 5.32 Å². The summed E-state index contributed by atoms with van der Waals surface area (Å²) in [6, 6.07) is 5.87.